The third-order valence-corrected chi connectivity index (χ3v) is 5.40. The Morgan fingerprint density at radius 3 is 2.78 bits per heavy atom. The van der Waals surface area contributed by atoms with Gasteiger partial charge in [0.05, 0.1) is 18.0 Å². The smallest absolute Gasteiger partial charge is 0.137 e. The molecule has 0 aliphatic carbocycles. The number of aromatic nitrogens is 2. The van der Waals surface area contributed by atoms with Crippen LogP contribution in [-0.2, 0) is 6.54 Å². The molecule has 3 aromatic rings. The molecule has 0 spiro atoms. The number of fused-ring (bicyclic) bond motifs is 1. The summed E-state index contributed by atoms with van der Waals surface area (Å²) in [6.45, 7) is 7.88. The van der Waals surface area contributed by atoms with Crippen LogP contribution in [0.3, 0.4) is 0 Å². The van der Waals surface area contributed by atoms with Gasteiger partial charge >= 0.3 is 0 Å². The van der Waals surface area contributed by atoms with Crippen LogP contribution in [0.15, 0.2) is 47.1 Å². The van der Waals surface area contributed by atoms with E-state index in [1.165, 1.54) is 12.1 Å². The number of halogens is 1. The maximum absolute atomic E-state index is 5.59. The summed E-state index contributed by atoms with van der Waals surface area (Å²) in [5.41, 5.74) is 4.39. The van der Waals surface area contributed by atoms with E-state index in [4.69, 9.17) is 9.72 Å². The molecule has 27 heavy (non-hydrogen) atoms. The van der Waals surface area contributed by atoms with Gasteiger partial charge < -0.3 is 14.5 Å². The highest BCUT2D eigenvalue weighted by Crippen LogP contribution is 2.28. The van der Waals surface area contributed by atoms with E-state index in [0.717, 1.165) is 59.9 Å². The minimum absolute atomic E-state index is 0.677. The lowest BCUT2D eigenvalue weighted by Crippen LogP contribution is -2.28. The van der Waals surface area contributed by atoms with Crippen molar-refractivity contribution in [2.75, 3.05) is 32.8 Å². The van der Waals surface area contributed by atoms with Gasteiger partial charge in [0.2, 0.25) is 0 Å². The predicted octanol–water partition coefficient (Wildman–Crippen LogP) is 3.96. The van der Waals surface area contributed by atoms with E-state index in [0.29, 0.717) is 6.61 Å². The molecule has 5 nitrogen and oxygen atoms in total. The monoisotopic (exact) mass is 428 g/mol. The van der Waals surface area contributed by atoms with Crippen molar-refractivity contribution in [2.45, 2.75) is 19.9 Å². The summed E-state index contributed by atoms with van der Waals surface area (Å²) in [5.74, 6) is 0.896. The second-order valence-corrected chi connectivity index (χ2v) is 7.74. The molecule has 6 heteroatoms. The summed E-state index contributed by atoms with van der Waals surface area (Å²) < 4.78 is 8.87. The average molecular weight is 429 g/mol. The van der Waals surface area contributed by atoms with Crippen molar-refractivity contribution in [2.24, 2.45) is 0 Å². The molecular formula is C21H25BrN4O. The number of hydrogen-bond acceptors (Lipinski definition) is 4. The fourth-order valence-corrected chi connectivity index (χ4v) is 3.93. The van der Waals surface area contributed by atoms with E-state index in [1.54, 1.807) is 0 Å². The molecule has 1 aliphatic rings. The van der Waals surface area contributed by atoms with Crippen molar-refractivity contribution in [3.63, 3.8) is 0 Å². The van der Waals surface area contributed by atoms with Gasteiger partial charge in [0.15, 0.2) is 0 Å². The van der Waals surface area contributed by atoms with Crippen molar-refractivity contribution in [1.29, 1.82) is 0 Å². The number of nitrogens with zero attached hydrogens (tertiary/aromatic N) is 3. The van der Waals surface area contributed by atoms with Crippen LogP contribution in [0.1, 0.15) is 19.0 Å². The van der Waals surface area contributed by atoms with Gasteiger partial charge in [0, 0.05) is 35.9 Å². The molecule has 3 heterocycles. The first-order valence-electron chi connectivity index (χ1n) is 9.57. The van der Waals surface area contributed by atoms with Crippen molar-refractivity contribution in [3.8, 4) is 17.0 Å². The first-order chi connectivity index (χ1) is 13.2. The molecule has 142 valence electrons. The molecule has 0 saturated carbocycles. The Kier molecular flexibility index (Phi) is 5.76. The van der Waals surface area contributed by atoms with Gasteiger partial charge in [-0.3, -0.25) is 4.90 Å². The van der Waals surface area contributed by atoms with E-state index in [9.17, 15) is 0 Å². The third-order valence-electron chi connectivity index (χ3n) is 4.93. The van der Waals surface area contributed by atoms with Crippen LogP contribution in [0.2, 0.25) is 0 Å². The Morgan fingerprint density at radius 1 is 1.11 bits per heavy atom. The van der Waals surface area contributed by atoms with Crippen LogP contribution in [-0.4, -0.2) is 47.1 Å². The molecule has 0 atom stereocenters. The quantitative estimate of drug-likeness (QED) is 0.667. The highest BCUT2D eigenvalue weighted by molar-refractivity contribution is 9.10. The van der Waals surface area contributed by atoms with Gasteiger partial charge in [-0.2, -0.15) is 0 Å². The normalized spacial score (nSPS) is 15.8. The number of hydrogen-bond donors (Lipinski definition) is 1. The van der Waals surface area contributed by atoms with Crippen LogP contribution in [0.25, 0.3) is 16.9 Å². The highest BCUT2D eigenvalue weighted by atomic mass is 79.9. The number of pyridine rings is 1. The number of ether oxygens (including phenoxy) is 1. The molecule has 2 aromatic heterocycles. The summed E-state index contributed by atoms with van der Waals surface area (Å²) in [6.07, 6.45) is 3.30. The van der Waals surface area contributed by atoms with Crippen molar-refractivity contribution in [3.05, 3.63) is 52.8 Å². The molecule has 0 bridgehead atoms. The maximum Gasteiger partial charge on any atom is 0.137 e. The molecule has 1 aliphatic heterocycles. The van der Waals surface area contributed by atoms with Crippen LogP contribution in [0.5, 0.6) is 5.75 Å². The van der Waals surface area contributed by atoms with Crippen molar-refractivity contribution in [1.82, 2.24) is 19.6 Å². The molecule has 0 radical (unpaired) electrons. The molecule has 0 unspecified atom stereocenters. The Hall–Kier alpha value is -1.89. The highest BCUT2D eigenvalue weighted by Gasteiger charge is 2.18. The predicted molar refractivity (Wildman–Crippen MR) is 112 cm³/mol. The number of benzene rings is 1. The molecule has 4 rings (SSSR count). The van der Waals surface area contributed by atoms with E-state index >= 15 is 0 Å². The maximum atomic E-state index is 5.59. The van der Waals surface area contributed by atoms with Gasteiger partial charge in [-0.1, -0.05) is 0 Å². The largest absolute Gasteiger partial charge is 0.494 e. The van der Waals surface area contributed by atoms with Gasteiger partial charge in [-0.25, -0.2) is 4.98 Å². The minimum atomic E-state index is 0.677. The zero-order chi connectivity index (χ0) is 18.6. The van der Waals surface area contributed by atoms with Crippen molar-refractivity contribution < 1.29 is 4.74 Å². The van der Waals surface area contributed by atoms with Crippen LogP contribution in [0.4, 0.5) is 0 Å². The first kappa shape index (κ1) is 18.5. The van der Waals surface area contributed by atoms with Gasteiger partial charge in [0.25, 0.3) is 0 Å². The van der Waals surface area contributed by atoms with Gasteiger partial charge in [-0.15, -0.1) is 0 Å². The van der Waals surface area contributed by atoms with Crippen molar-refractivity contribution >= 4 is 21.6 Å². The Morgan fingerprint density at radius 2 is 1.96 bits per heavy atom. The SMILES string of the molecule is CCOc1ccc(-c2nc3ccc(Br)cn3c2CN2CCCNCC2)cc1. The fourth-order valence-electron chi connectivity index (χ4n) is 3.60. The summed E-state index contributed by atoms with van der Waals surface area (Å²) >= 11 is 3.61. The zero-order valence-corrected chi connectivity index (χ0v) is 17.2. The number of rotatable bonds is 5. The number of nitrogens with one attached hydrogen (secondary N) is 1. The zero-order valence-electron chi connectivity index (χ0n) is 15.6. The lowest BCUT2D eigenvalue weighted by molar-refractivity contribution is 0.281. The van der Waals surface area contributed by atoms with E-state index in [1.807, 2.05) is 25.1 Å². The summed E-state index contributed by atoms with van der Waals surface area (Å²) in [7, 11) is 0. The third kappa shape index (κ3) is 4.18. The van der Waals surface area contributed by atoms with Crippen LogP contribution >= 0.6 is 15.9 Å². The lowest BCUT2D eigenvalue weighted by Gasteiger charge is -2.20. The molecule has 0 amide bonds. The fraction of sp³-hybridized carbons (Fsp3) is 0.381. The summed E-state index contributed by atoms with van der Waals surface area (Å²) in [4.78, 5) is 7.46. The standard InChI is InChI=1S/C21H25BrN4O/c1-2-27-18-7-4-16(5-8-18)21-19(15-25-12-3-10-23-11-13-25)26-14-17(22)6-9-20(26)24-21/h4-9,14,23H,2-3,10-13,15H2,1H3. The topological polar surface area (TPSA) is 41.8 Å². The Labute approximate surface area is 168 Å². The second-order valence-electron chi connectivity index (χ2n) is 6.82. The minimum Gasteiger partial charge on any atom is -0.494 e. The molecule has 1 aromatic carbocycles. The molecular weight excluding hydrogens is 404 g/mol. The van der Waals surface area contributed by atoms with Gasteiger partial charge in [-0.05, 0) is 78.8 Å². The summed E-state index contributed by atoms with van der Waals surface area (Å²) in [6, 6.07) is 12.4. The van der Waals surface area contributed by atoms with Crippen LogP contribution < -0.4 is 10.1 Å². The Bertz CT molecular complexity index is 898. The average Bonchev–Trinajstić information content (AvgIpc) is 2.84. The first-order valence-corrected chi connectivity index (χ1v) is 10.4. The number of imidazole rings is 1. The second kappa shape index (κ2) is 8.42. The molecule has 1 saturated heterocycles. The van der Waals surface area contributed by atoms with E-state index in [2.05, 4.69) is 54.9 Å². The van der Waals surface area contributed by atoms with E-state index < -0.39 is 0 Å². The Balaban J connectivity index is 1.74. The lowest BCUT2D eigenvalue weighted by atomic mass is 10.1. The molecule has 1 fully saturated rings. The molecule has 1 N–H and O–H groups in total. The van der Waals surface area contributed by atoms with E-state index in [-0.39, 0.29) is 0 Å². The van der Waals surface area contributed by atoms with Crippen LogP contribution in [0, 0.1) is 0 Å². The van der Waals surface area contributed by atoms with Gasteiger partial charge in [0.1, 0.15) is 11.4 Å². The summed E-state index contributed by atoms with van der Waals surface area (Å²) in [5, 5.41) is 3.48.